The molecule has 0 unspecified atom stereocenters. The van der Waals surface area contributed by atoms with Crippen molar-refractivity contribution in [3.05, 3.63) is 18.2 Å². The van der Waals surface area contributed by atoms with Crippen LogP contribution in [0.5, 0.6) is 11.5 Å². The van der Waals surface area contributed by atoms with E-state index in [0.29, 0.717) is 37.0 Å². The zero-order chi connectivity index (χ0) is 17.1. The average Bonchev–Trinajstić information content (AvgIpc) is 2.54. The highest BCUT2D eigenvalue weighted by Crippen LogP contribution is 2.30. The lowest BCUT2D eigenvalue weighted by Gasteiger charge is -2.13. The van der Waals surface area contributed by atoms with Gasteiger partial charge in [-0.15, -0.1) is 0 Å². The number of amides is 1. The van der Waals surface area contributed by atoms with Crippen LogP contribution in [0.4, 0.5) is 5.69 Å². The van der Waals surface area contributed by atoms with Gasteiger partial charge in [0.1, 0.15) is 6.61 Å². The Morgan fingerprint density at radius 3 is 2.30 bits per heavy atom. The summed E-state index contributed by atoms with van der Waals surface area (Å²) in [6.07, 6.45) is 0. The average molecular weight is 325 g/mol. The summed E-state index contributed by atoms with van der Waals surface area (Å²) < 4.78 is 20.6. The summed E-state index contributed by atoms with van der Waals surface area (Å²) in [5.41, 5.74) is 0.530. The Hall–Kier alpha value is -2.28. The third-order valence-corrected chi connectivity index (χ3v) is 2.62. The van der Waals surface area contributed by atoms with Gasteiger partial charge in [0.25, 0.3) is 5.91 Å². The molecule has 1 rings (SSSR count). The molecular weight excluding hydrogens is 302 g/mol. The van der Waals surface area contributed by atoms with E-state index in [-0.39, 0.29) is 13.2 Å². The van der Waals surface area contributed by atoms with Gasteiger partial charge < -0.3 is 24.3 Å². The molecule has 0 aliphatic heterocycles. The molecule has 0 bridgehead atoms. The molecule has 0 saturated heterocycles. The van der Waals surface area contributed by atoms with E-state index >= 15 is 0 Å². The minimum Gasteiger partial charge on any atom is -0.490 e. The van der Waals surface area contributed by atoms with Gasteiger partial charge in [0, 0.05) is 18.4 Å². The van der Waals surface area contributed by atoms with Crippen molar-refractivity contribution in [2.24, 2.45) is 0 Å². The summed E-state index contributed by atoms with van der Waals surface area (Å²) in [7, 11) is 0. The van der Waals surface area contributed by atoms with Crippen LogP contribution in [0.3, 0.4) is 0 Å². The number of rotatable bonds is 10. The smallest absolute Gasteiger partial charge is 0.332 e. The van der Waals surface area contributed by atoms with E-state index in [9.17, 15) is 9.59 Å². The van der Waals surface area contributed by atoms with Crippen molar-refractivity contribution in [2.45, 2.75) is 20.8 Å². The van der Waals surface area contributed by atoms with Gasteiger partial charge in [-0.1, -0.05) is 0 Å². The number of carbonyl (C=O) groups is 2. The number of hydrogen-bond donors (Lipinski definition) is 1. The normalized spacial score (nSPS) is 10.0. The Kier molecular flexibility index (Phi) is 8.52. The summed E-state index contributed by atoms with van der Waals surface area (Å²) in [5.74, 6) is 0.126. The molecule has 1 aromatic rings. The Labute approximate surface area is 135 Å². The third-order valence-electron chi connectivity index (χ3n) is 2.62. The highest BCUT2D eigenvalue weighted by Gasteiger charge is 2.10. The molecule has 0 aliphatic rings. The van der Waals surface area contributed by atoms with Crippen LogP contribution < -0.4 is 14.8 Å². The van der Waals surface area contributed by atoms with E-state index in [0.717, 1.165) is 0 Å². The zero-order valence-electron chi connectivity index (χ0n) is 13.7. The highest BCUT2D eigenvalue weighted by atomic mass is 16.6. The molecule has 23 heavy (non-hydrogen) atoms. The van der Waals surface area contributed by atoms with Crippen molar-refractivity contribution >= 4 is 17.6 Å². The predicted octanol–water partition coefficient (Wildman–Crippen LogP) is 2.00. The van der Waals surface area contributed by atoms with Crippen LogP contribution in [0.25, 0.3) is 0 Å². The van der Waals surface area contributed by atoms with Crippen molar-refractivity contribution in [3.63, 3.8) is 0 Å². The predicted molar refractivity (Wildman–Crippen MR) is 84.9 cm³/mol. The molecule has 0 fully saturated rings. The first-order chi connectivity index (χ1) is 11.1. The molecule has 1 aromatic carbocycles. The Morgan fingerprint density at radius 2 is 1.65 bits per heavy atom. The number of nitrogens with one attached hydrogen (secondary N) is 1. The second-order valence-corrected chi connectivity index (χ2v) is 4.37. The number of anilines is 1. The first-order valence-electron chi connectivity index (χ1n) is 7.53. The summed E-state index contributed by atoms with van der Waals surface area (Å²) in [6.45, 7) is 6.37. The Balaban J connectivity index is 2.57. The minimum atomic E-state index is -0.580. The summed E-state index contributed by atoms with van der Waals surface area (Å²) >= 11 is 0. The molecule has 7 heteroatoms. The lowest BCUT2D eigenvalue weighted by molar-refractivity contribution is -0.151. The standard InChI is InChI=1S/C16H23NO6/c1-4-20-11-16(19)23-10-15(18)17-12-7-8-13(21-5-2)14(9-12)22-6-3/h7-9H,4-6,10-11H2,1-3H3,(H,17,18). The fraction of sp³-hybridized carbons (Fsp3) is 0.500. The van der Waals surface area contributed by atoms with Crippen molar-refractivity contribution in [2.75, 3.05) is 38.4 Å². The lowest BCUT2D eigenvalue weighted by atomic mass is 10.2. The fourth-order valence-electron chi connectivity index (χ4n) is 1.70. The van der Waals surface area contributed by atoms with Gasteiger partial charge >= 0.3 is 5.97 Å². The molecule has 0 saturated carbocycles. The van der Waals surface area contributed by atoms with Crippen LogP contribution in [0, 0.1) is 0 Å². The van der Waals surface area contributed by atoms with Crippen LogP contribution in [0.15, 0.2) is 18.2 Å². The molecule has 0 aromatic heterocycles. The van der Waals surface area contributed by atoms with Crippen molar-refractivity contribution < 1.29 is 28.5 Å². The van der Waals surface area contributed by atoms with Crippen LogP contribution in [0.2, 0.25) is 0 Å². The topological polar surface area (TPSA) is 83.1 Å². The monoisotopic (exact) mass is 325 g/mol. The van der Waals surface area contributed by atoms with E-state index in [1.54, 1.807) is 25.1 Å². The summed E-state index contributed by atoms with van der Waals surface area (Å²) in [6, 6.07) is 5.06. The van der Waals surface area contributed by atoms with E-state index in [2.05, 4.69) is 5.32 Å². The zero-order valence-corrected chi connectivity index (χ0v) is 13.7. The van der Waals surface area contributed by atoms with Gasteiger partial charge in [-0.05, 0) is 32.9 Å². The fourth-order valence-corrected chi connectivity index (χ4v) is 1.70. The number of esters is 1. The first kappa shape index (κ1) is 18.8. The number of ether oxygens (including phenoxy) is 4. The quantitative estimate of drug-likeness (QED) is 0.663. The van der Waals surface area contributed by atoms with E-state index in [1.807, 2.05) is 13.8 Å². The van der Waals surface area contributed by atoms with E-state index < -0.39 is 11.9 Å². The van der Waals surface area contributed by atoms with Crippen molar-refractivity contribution in [3.8, 4) is 11.5 Å². The van der Waals surface area contributed by atoms with Gasteiger partial charge in [0.15, 0.2) is 18.1 Å². The largest absolute Gasteiger partial charge is 0.490 e. The molecule has 1 amide bonds. The molecule has 0 aliphatic carbocycles. The van der Waals surface area contributed by atoms with Gasteiger partial charge in [-0.3, -0.25) is 4.79 Å². The van der Waals surface area contributed by atoms with Crippen LogP contribution in [-0.2, 0) is 19.1 Å². The molecule has 1 N–H and O–H groups in total. The van der Waals surface area contributed by atoms with Gasteiger partial charge in [-0.25, -0.2) is 4.79 Å². The maximum atomic E-state index is 11.8. The maximum absolute atomic E-state index is 11.8. The van der Waals surface area contributed by atoms with Crippen LogP contribution in [0.1, 0.15) is 20.8 Å². The van der Waals surface area contributed by atoms with Gasteiger partial charge in [0.2, 0.25) is 0 Å². The highest BCUT2D eigenvalue weighted by molar-refractivity contribution is 5.93. The molecule has 7 nitrogen and oxygen atoms in total. The van der Waals surface area contributed by atoms with E-state index in [1.165, 1.54) is 0 Å². The maximum Gasteiger partial charge on any atom is 0.332 e. The second kappa shape index (κ2) is 10.4. The molecule has 0 heterocycles. The van der Waals surface area contributed by atoms with Crippen molar-refractivity contribution in [1.82, 2.24) is 0 Å². The summed E-state index contributed by atoms with van der Waals surface area (Å²) in [5, 5.41) is 2.63. The number of benzene rings is 1. The Bertz CT molecular complexity index is 517. The number of carbonyl (C=O) groups excluding carboxylic acids is 2. The van der Waals surface area contributed by atoms with Gasteiger partial charge in [-0.2, -0.15) is 0 Å². The van der Waals surface area contributed by atoms with Crippen molar-refractivity contribution in [1.29, 1.82) is 0 Å². The molecule has 0 spiro atoms. The number of hydrogen-bond acceptors (Lipinski definition) is 6. The molecule has 128 valence electrons. The second-order valence-electron chi connectivity index (χ2n) is 4.37. The van der Waals surface area contributed by atoms with Crippen LogP contribution >= 0.6 is 0 Å². The molecule has 0 atom stereocenters. The SMILES string of the molecule is CCOCC(=O)OCC(=O)Nc1ccc(OCC)c(OCC)c1. The first-order valence-corrected chi connectivity index (χ1v) is 7.53. The lowest BCUT2D eigenvalue weighted by Crippen LogP contribution is -2.22. The summed E-state index contributed by atoms with van der Waals surface area (Å²) in [4.78, 5) is 23.0. The Morgan fingerprint density at radius 1 is 0.957 bits per heavy atom. The van der Waals surface area contributed by atoms with Gasteiger partial charge in [0.05, 0.1) is 13.2 Å². The minimum absolute atomic E-state index is 0.165. The van der Waals surface area contributed by atoms with Crippen LogP contribution in [-0.4, -0.2) is 44.9 Å². The van der Waals surface area contributed by atoms with E-state index in [4.69, 9.17) is 18.9 Å². The molecular formula is C16H23NO6. The third kappa shape index (κ3) is 7.01. The molecule has 0 radical (unpaired) electrons.